The third-order valence-electron chi connectivity index (χ3n) is 7.19. The molecule has 1 N–H and O–H groups in total. The molecule has 213 valence electrons. The largest absolute Gasteiger partial charge is 0.512 e. The smallest absolute Gasteiger partial charge is 0.216 e. The van der Waals surface area contributed by atoms with Crippen LogP contribution in [-0.4, -0.2) is 20.9 Å². The standard InChI is InChI=1S/C20H13N2OS.C13H24O2.Ir/c1-11-6-7-14-13-4-3-5-15(19(13)23-20(14)22-11)18-16-10-12(2)24-17(16)8-9-21-18;1-5-10(6-2)12(14)9-13(15)11(7-3)8-4;/h3-4,6-10H,1-2H3;9-11,14H,5-8H2,1-4H3;/q-1;;/b;12-9-;/i1D3;;. The first-order valence-corrected chi connectivity index (χ1v) is 14.4. The summed E-state index contributed by atoms with van der Waals surface area (Å²) in [4.78, 5) is 21.7. The molecule has 4 aromatic heterocycles. The van der Waals surface area contributed by atoms with Crippen molar-refractivity contribution >= 4 is 49.3 Å². The van der Waals surface area contributed by atoms with Crippen molar-refractivity contribution in [3.8, 4) is 11.3 Å². The number of thiophene rings is 1. The molecule has 0 aliphatic carbocycles. The van der Waals surface area contributed by atoms with E-state index in [4.69, 9.17) is 8.53 Å². The molecule has 0 saturated heterocycles. The van der Waals surface area contributed by atoms with E-state index in [1.807, 2.05) is 45.9 Å². The first kappa shape index (κ1) is 27.3. The van der Waals surface area contributed by atoms with E-state index in [1.165, 1.54) is 17.0 Å². The van der Waals surface area contributed by atoms with Gasteiger partial charge in [0.2, 0.25) is 5.71 Å². The Morgan fingerprint density at radius 1 is 1.07 bits per heavy atom. The van der Waals surface area contributed by atoms with Crippen LogP contribution in [0.3, 0.4) is 0 Å². The van der Waals surface area contributed by atoms with Gasteiger partial charge in [0.1, 0.15) is 0 Å². The molecule has 0 aliphatic rings. The summed E-state index contributed by atoms with van der Waals surface area (Å²) in [5.74, 6) is 0.547. The van der Waals surface area contributed by atoms with Gasteiger partial charge in [-0.1, -0.05) is 38.6 Å². The van der Waals surface area contributed by atoms with Crippen molar-refractivity contribution in [2.45, 2.75) is 67.2 Å². The second kappa shape index (κ2) is 14.2. The summed E-state index contributed by atoms with van der Waals surface area (Å²) in [6, 6.07) is 14.4. The number of nitrogens with zero attached hydrogens (tertiary/aromatic N) is 2. The van der Waals surface area contributed by atoms with Crippen LogP contribution in [0.5, 0.6) is 0 Å². The van der Waals surface area contributed by atoms with Gasteiger partial charge in [0.15, 0.2) is 5.78 Å². The van der Waals surface area contributed by atoms with Crippen molar-refractivity contribution in [3.05, 3.63) is 71.1 Å². The van der Waals surface area contributed by atoms with E-state index in [-0.39, 0.29) is 49.2 Å². The number of allylic oxidation sites excluding steroid dienone is 2. The van der Waals surface area contributed by atoms with Crippen molar-refractivity contribution in [1.29, 1.82) is 0 Å². The zero-order chi connectivity index (χ0) is 30.6. The number of carbonyl (C=O) groups is 1. The maximum atomic E-state index is 11.7. The van der Waals surface area contributed by atoms with Gasteiger partial charge in [-0.05, 0) is 69.1 Å². The van der Waals surface area contributed by atoms with Crippen molar-refractivity contribution in [3.63, 3.8) is 0 Å². The minimum Gasteiger partial charge on any atom is -0.512 e. The number of aliphatic hydroxyl groups excluding tert-OH is 1. The van der Waals surface area contributed by atoms with E-state index in [0.29, 0.717) is 11.3 Å². The van der Waals surface area contributed by atoms with Crippen LogP contribution in [0.2, 0.25) is 0 Å². The Kier molecular flexibility index (Phi) is 9.67. The van der Waals surface area contributed by atoms with Crippen molar-refractivity contribution in [1.82, 2.24) is 9.97 Å². The molecular weight excluding hydrogens is 697 g/mol. The number of rotatable bonds is 8. The molecule has 0 bridgehead atoms. The van der Waals surface area contributed by atoms with Crippen LogP contribution in [-0.2, 0) is 24.9 Å². The molecule has 0 amide bonds. The number of aromatic nitrogens is 2. The molecule has 5 aromatic rings. The van der Waals surface area contributed by atoms with Crippen LogP contribution >= 0.6 is 11.3 Å². The van der Waals surface area contributed by atoms with Gasteiger partial charge >= 0.3 is 0 Å². The zero-order valence-electron chi connectivity index (χ0n) is 26.5. The van der Waals surface area contributed by atoms with Crippen LogP contribution < -0.4 is 0 Å². The first-order chi connectivity index (χ1) is 20.0. The average Bonchev–Trinajstić information content (AvgIpc) is 3.53. The maximum Gasteiger partial charge on any atom is 0.216 e. The molecule has 0 fully saturated rings. The van der Waals surface area contributed by atoms with Gasteiger partial charge in [-0.3, -0.25) is 4.79 Å². The van der Waals surface area contributed by atoms with Gasteiger partial charge in [-0.15, -0.1) is 29.5 Å². The van der Waals surface area contributed by atoms with E-state index < -0.39 is 6.85 Å². The predicted molar refractivity (Wildman–Crippen MR) is 162 cm³/mol. The molecule has 1 radical (unpaired) electrons. The number of aliphatic hydroxyl groups is 1. The number of pyridine rings is 2. The summed E-state index contributed by atoms with van der Waals surface area (Å²) < 4.78 is 29.9. The predicted octanol–water partition coefficient (Wildman–Crippen LogP) is 9.54. The summed E-state index contributed by atoms with van der Waals surface area (Å²) in [5, 5.41) is 12.5. The minimum atomic E-state index is -2.27. The fraction of sp³-hybridized carbons (Fsp3) is 0.364. The number of benzene rings is 1. The van der Waals surface area contributed by atoms with Gasteiger partial charge in [-0.2, -0.15) is 0 Å². The molecule has 0 spiro atoms. The molecule has 0 saturated carbocycles. The van der Waals surface area contributed by atoms with Crippen LogP contribution in [0.1, 0.15) is 68.1 Å². The van der Waals surface area contributed by atoms with Crippen molar-refractivity contribution in [2.24, 2.45) is 11.8 Å². The van der Waals surface area contributed by atoms with Crippen LogP contribution in [0.4, 0.5) is 0 Å². The van der Waals surface area contributed by atoms with E-state index in [0.717, 1.165) is 57.8 Å². The monoisotopic (exact) mass is 737 g/mol. The topological polar surface area (TPSA) is 76.2 Å². The molecule has 5 nitrogen and oxygen atoms in total. The molecule has 0 aliphatic heterocycles. The summed E-state index contributed by atoms with van der Waals surface area (Å²) >= 11 is 1.72. The zero-order valence-corrected chi connectivity index (χ0v) is 26.7. The van der Waals surface area contributed by atoms with E-state index in [2.05, 4.69) is 29.0 Å². The molecule has 1 aromatic carbocycles. The van der Waals surface area contributed by atoms with E-state index in [9.17, 15) is 9.90 Å². The summed E-state index contributed by atoms with van der Waals surface area (Å²) in [7, 11) is 0. The third-order valence-corrected chi connectivity index (χ3v) is 8.20. The molecule has 4 heterocycles. The first-order valence-electron chi connectivity index (χ1n) is 15.1. The quantitative estimate of drug-likeness (QED) is 0.0976. The van der Waals surface area contributed by atoms with Crippen LogP contribution in [0.25, 0.3) is 43.4 Å². The van der Waals surface area contributed by atoms with E-state index >= 15 is 0 Å². The van der Waals surface area contributed by atoms with Crippen molar-refractivity contribution < 1.29 is 38.5 Å². The second-order valence-electron chi connectivity index (χ2n) is 9.67. The Balaban J connectivity index is 0.000000274. The van der Waals surface area contributed by atoms with Gasteiger partial charge in [-0.25, -0.2) is 4.98 Å². The van der Waals surface area contributed by atoms with Crippen LogP contribution in [0, 0.1) is 31.7 Å². The minimum absolute atomic E-state index is 0. The van der Waals surface area contributed by atoms with Gasteiger partial charge in [0.25, 0.3) is 0 Å². The molecule has 0 atom stereocenters. The molecule has 5 rings (SSSR count). The molecular formula is C33H37IrN2O3S-. The van der Waals surface area contributed by atoms with Gasteiger partial charge < -0.3 is 14.5 Å². The number of aryl methyl sites for hydroxylation is 2. The third kappa shape index (κ3) is 6.71. The Hall–Kier alpha value is -2.86. The normalized spacial score (nSPS) is 13.2. The summed E-state index contributed by atoms with van der Waals surface area (Å²) in [6.07, 6.45) is 6.69. The molecule has 40 heavy (non-hydrogen) atoms. The number of fused-ring (bicyclic) bond motifs is 4. The Morgan fingerprint density at radius 2 is 1.80 bits per heavy atom. The number of ketones is 1. The molecule has 7 heteroatoms. The number of carbonyl (C=O) groups excluding carboxylic acids is 1. The summed E-state index contributed by atoms with van der Waals surface area (Å²) in [5.41, 5.74) is 2.51. The van der Waals surface area contributed by atoms with Gasteiger partial charge in [0, 0.05) is 74.7 Å². The van der Waals surface area contributed by atoms with Gasteiger partial charge in [0.05, 0.1) is 11.3 Å². The summed E-state index contributed by atoms with van der Waals surface area (Å²) in [6.45, 7) is 7.87. The fourth-order valence-electron chi connectivity index (χ4n) is 4.87. The maximum absolute atomic E-state index is 11.7. The SMILES string of the molecule is CCC(CC)C(=O)/C=C(\O)C(CC)CC.[2H]C([2H])([2H])c1ccc2c(n1)oc1c(-c3nccc4sc(C)cc34)[c-]ccc12.[Ir]. The number of furan rings is 1. The Morgan fingerprint density at radius 3 is 2.48 bits per heavy atom. The number of hydrogen-bond donors (Lipinski definition) is 1. The van der Waals surface area contributed by atoms with E-state index in [1.54, 1.807) is 23.6 Å². The molecule has 0 unspecified atom stereocenters. The second-order valence-corrected chi connectivity index (χ2v) is 11.0. The van der Waals surface area contributed by atoms with Crippen LogP contribution in [0.15, 0.2) is 58.8 Å². The number of hydrogen-bond acceptors (Lipinski definition) is 6. The van der Waals surface area contributed by atoms with Crippen molar-refractivity contribution in [2.75, 3.05) is 0 Å². The Bertz CT molecular complexity index is 1730. The fourth-order valence-corrected chi connectivity index (χ4v) is 5.79. The Labute approximate surface area is 258 Å². The average molecular weight is 737 g/mol.